The van der Waals surface area contributed by atoms with Gasteiger partial charge in [0.25, 0.3) is 0 Å². The molecule has 0 aliphatic carbocycles. The average molecular weight is 642 g/mol. The molecule has 0 bridgehead atoms. The summed E-state index contributed by atoms with van der Waals surface area (Å²) < 4.78 is 6.48. The fraction of sp³-hybridized carbons (Fsp3) is 0.974. The Balaban J connectivity index is 3.60. The second kappa shape index (κ2) is 33.5. The van der Waals surface area contributed by atoms with E-state index < -0.39 is 8.32 Å². The third-order valence-electron chi connectivity index (χ3n) is 9.16. The second-order valence-electron chi connectivity index (χ2n) is 14.1. The largest absolute Gasteiger partial charge is 0.416 e. The fourth-order valence-electron chi connectivity index (χ4n) is 5.98. The van der Waals surface area contributed by atoms with Crippen molar-refractivity contribution in [1.29, 1.82) is 0 Å². The predicted molar refractivity (Wildman–Crippen MR) is 199 cm³/mol. The maximum absolute atomic E-state index is 12.3. The molecule has 0 saturated heterocycles. The number of likely N-dealkylation sites (N-methyl/N-ethyl adjacent to an activating group) is 1. The minimum absolute atomic E-state index is 0.400. The second-order valence-corrected chi connectivity index (χ2v) is 19.5. The first-order chi connectivity index (χ1) is 20.9. The standard InChI is InChI=1S/C38H79NO2SSi/c1-6-8-10-12-14-16-17-18-19-20-21-22-24-25-27-29-32-37(39-3)36-41-43(4,5)35-31-34-42-38(40)33-30-28-26-23-15-13-11-9-7-2/h37,39H,6-36H2,1-5H3. The Kier molecular flexibility index (Phi) is 33.6. The topological polar surface area (TPSA) is 38.3 Å². The van der Waals surface area contributed by atoms with Crippen LogP contribution < -0.4 is 5.32 Å². The Morgan fingerprint density at radius 1 is 0.605 bits per heavy atom. The van der Waals surface area contributed by atoms with E-state index in [1.54, 1.807) is 11.8 Å². The normalized spacial score (nSPS) is 12.7. The van der Waals surface area contributed by atoms with Gasteiger partial charge < -0.3 is 9.74 Å². The van der Waals surface area contributed by atoms with Crippen LogP contribution in [0.15, 0.2) is 0 Å². The van der Waals surface area contributed by atoms with Crippen molar-refractivity contribution in [3.05, 3.63) is 0 Å². The maximum Gasteiger partial charge on any atom is 0.188 e. The van der Waals surface area contributed by atoms with Gasteiger partial charge >= 0.3 is 0 Å². The molecule has 0 aliphatic heterocycles. The summed E-state index contributed by atoms with van der Waals surface area (Å²) in [6, 6.07) is 1.63. The van der Waals surface area contributed by atoms with Gasteiger partial charge in [0.15, 0.2) is 13.4 Å². The van der Waals surface area contributed by atoms with E-state index in [2.05, 4.69) is 39.3 Å². The summed E-state index contributed by atoms with van der Waals surface area (Å²) in [6.07, 6.45) is 37.7. The van der Waals surface area contributed by atoms with E-state index in [9.17, 15) is 4.79 Å². The van der Waals surface area contributed by atoms with E-state index in [0.29, 0.717) is 11.2 Å². The average Bonchev–Trinajstić information content (AvgIpc) is 2.99. The van der Waals surface area contributed by atoms with Crippen molar-refractivity contribution in [1.82, 2.24) is 5.32 Å². The summed E-state index contributed by atoms with van der Waals surface area (Å²) in [7, 11) is 0.425. The summed E-state index contributed by atoms with van der Waals surface area (Å²) in [5.74, 6) is 0.963. The smallest absolute Gasteiger partial charge is 0.188 e. The first-order valence-corrected chi connectivity index (χ1v) is 23.5. The van der Waals surface area contributed by atoms with Gasteiger partial charge in [0.2, 0.25) is 0 Å². The number of carbonyl (C=O) groups excluding carboxylic acids is 1. The highest BCUT2D eigenvalue weighted by atomic mass is 32.2. The molecule has 3 nitrogen and oxygen atoms in total. The van der Waals surface area contributed by atoms with Crippen LogP contribution in [0.4, 0.5) is 0 Å². The molecular weight excluding hydrogens is 563 g/mol. The van der Waals surface area contributed by atoms with Crippen molar-refractivity contribution in [2.24, 2.45) is 0 Å². The molecule has 5 heteroatoms. The predicted octanol–water partition coefficient (Wildman–Crippen LogP) is 13.0. The van der Waals surface area contributed by atoms with Crippen molar-refractivity contribution in [2.75, 3.05) is 19.4 Å². The highest BCUT2D eigenvalue weighted by Crippen LogP contribution is 2.20. The quantitative estimate of drug-likeness (QED) is 0.0552. The molecule has 0 aromatic carbocycles. The Morgan fingerprint density at radius 2 is 1.00 bits per heavy atom. The van der Waals surface area contributed by atoms with Crippen LogP contribution in [-0.2, 0) is 9.22 Å². The number of thioether (sulfide) groups is 1. The monoisotopic (exact) mass is 642 g/mol. The van der Waals surface area contributed by atoms with Crippen molar-refractivity contribution < 1.29 is 9.22 Å². The molecule has 0 aliphatic rings. The van der Waals surface area contributed by atoms with Crippen LogP contribution in [-0.4, -0.2) is 38.9 Å². The number of carbonyl (C=O) groups is 1. The van der Waals surface area contributed by atoms with Crippen LogP contribution in [0.1, 0.15) is 194 Å². The molecule has 0 aromatic rings. The summed E-state index contributed by atoms with van der Waals surface area (Å²) in [5.41, 5.74) is 0. The zero-order chi connectivity index (χ0) is 31.7. The van der Waals surface area contributed by atoms with Crippen molar-refractivity contribution in [3.63, 3.8) is 0 Å². The molecule has 1 atom stereocenters. The number of hydrogen-bond acceptors (Lipinski definition) is 4. The Labute approximate surface area is 277 Å². The van der Waals surface area contributed by atoms with E-state index in [1.165, 1.54) is 161 Å². The van der Waals surface area contributed by atoms with E-state index in [1.807, 2.05) is 0 Å². The Hall–Kier alpha value is 0.157. The zero-order valence-electron chi connectivity index (χ0n) is 30.2. The van der Waals surface area contributed by atoms with Gasteiger partial charge in [-0.1, -0.05) is 180 Å². The molecule has 0 spiro atoms. The van der Waals surface area contributed by atoms with Gasteiger partial charge in [-0.05, 0) is 45.4 Å². The van der Waals surface area contributed by atoms with E-state index in [4.69, 9.17) is 4.43 Å². The van der Waals surface area contributed by atoms with Gasteiger partial charge in [0, 0.05) is 24.8 Å². The summed E-state index contributed by atoms with van der Waals surface area (Å²) in [6.45, 7) is 10.1. The SMILES string of the molecule is CCCCCCCCCCCCCCCCCCC(CO[Si](C)(C)CCCSC(=O)CCCCCCCCCCC)NC. The first kappa shape index (κ1) is 43.2. The molecule has 43 heavy (non-hydrogen) atoms. The van der Waals surface area contributed by atoms with Crippen LogP contribution in [0.3, 0.4) is 0 Å². The minimum atomic E-state index is -1.66. The van der Waals surface area contributed by atoms with Gasteiger partial charge in [-0.25, -0.2) is 0 Å². The third kappa shape index (κ3) is 33.3. The highest BCUT2D eigenvalue weighted by Gasteiger charge is 2.23. The molecule has 258 valence electrons. The number of unbranched alkanes of at least 4 members (excludes halogenated alkanes) is 23. The maximum atomic E-state index is 12.3. The van der Waals surface area contributed by atoms with Crippen LogP contribution in [0.2, 0.25) is 19.1 Å². The molecule has 1 unspecified atom stereocenters. The van der Waals surface area contributed by atoms with Gasteiger partial charge in [-0.3, -0.25) is 4.79 Å². The highest BCUT2D eigenvalue weighted by molar-refractivity contribution is 8.13. The summed E-state index contributed by atoms with van der Waals surface area (Å²) in [5, 5.41) is 3.90. The van der Waals surface area contributed by atoms with Crippen LogP contribution in [0.25, 0.3) is 0 Å². The van der Waals surface area contributed by atoms with Crippen molar-refractivity contribution >= 4 is 25.2 Å². The molecule has 1 N–H and O–H groups in total. The van der Waals surface area contributed by atoms with Crippen LogP contribution >= 0.6 is 11.8 Å². The van der Waals surface area contributed by atoms with Crippen LogP contribution in [0.5, 0.6) is 0 Å². The Bertz CT molecular complexity index is 574. The number of hydrogen-bond donors (Lipinski definition) is 1. The molecule has 0 fully saturated rings. The minimum Gasteiger partial charge on any atom is -0.416 e. The van der Waals surface area contributed by atoms with Gasteiger partial charge in [0.05, 0.1) is 0 Å². The molecule has 0 heterocycles. The van der Waals surface area contributed by atoms with Gasteiger partial charge in [-0.2, -0.15) is 0 Å². The van der Waals surface area contributed by atoms with E-state index >= 15 is 0 Å². The number of rotatable bonds is 35. The lowest BCUT2D eigenvalue weighted by atomic mass is 10.0. The lowest BCUT2D eigenvalue weighted by Crippen LogP contribution is -2.38. The molecule has 0 amide bonds. The van der Waals surface area contributed by atoms with E-state index in [0.717, 1.165) is 37.7 Å². The third-order valence-corrected chi connectivity index (χ3v) is 12.7. The fourth-order valence-corrected chi connectivity index (χ4v) is 8.87. The lowest BCUT2D eigenvalue weighted by Gasteiger charge is -2.26. The van der Waals surface area contributed by atoms with Crippen LogP contribution in [0, 0.1) is 0 Å². The van der Waals surface area contributed by atoms with Crippen molar-refractivity contribution in [2.45, 2.75) is 219 Å². The van der Waals surface area contributed by atoms with Gasteiger partial charge in [-0.15, -0.1) is 0 Å². The molecule has 0 radical (unpaired) electrons. The molecular formula is C38H79NO2SSi. The Morgan fingerprint density at radius 3 is 1.42 bits per heavy atom. The molecule has 0 aromatic heterocycles. The van der Waals surface area contributed by atoms with Crippen molar-refractivity contribution in [3.8, 4) is 0 Å². The summed E-state index contributed by atoms with van der Waals surface area (Å²) in [4.78, 5) is 12.3. The van der Waals surface area contributed by atoms with E-state index in [-0.39, 0.29) is 0 Å². The zero-order valence-corrected chi connectivity index (χ0v) is 32.0. The summed E-state index contributed by atoms with van der Waals surface area (Å²) >= 11 is 1.57. The first-order valence-electron chi connectivity index (χ1n) is 19.4. The molecule has 0 rings (SSSR count). The molecule has 0 saturated carbocycles. The lowest BCUT2D eigenvalue weighted by molar-refractivity contribution is -0.111. The van der Waals surface area contributed by atoms with Gasteiger partial charge in [0.1, 0.15) is 0 Å². The number of nitrogens with one attached hydrogen (secondary N) is 1.